The van der Waals surface area contributed by atoms with E-state index in [1.54, 1.807) is 6.92 Å². The average Bonchev–Trinajstić information content (AvgIpc) is 2.79. The number of aryl methyl sites for hydroxylation is 1. The van der Waals surface area contributed by atoms with Gasteiger partial charge in [-0.15, -0.1) is 0 Å². The minimum atomic E-state index is 0.103. The standard InChI is InChI=1S/C29H32INO/c1-21(32)31-28-16-11-23(12-17-28)10-13-25-18-24(9-5-8-22-6-3-2-4-7-22)19-26-14-15-27(30)20-29(25)26/h2-7,9,14-15,18-20,23,28H,8,10-13,16-17H2,1H3,(H,31,32)/b9-5+. The molecule has 166 valence electrons. The molecule has 1 saturated carbocycles. The Balaban J connectivity index is 1.46. The Morgan fingerprint density at radius 1 is 1.03 bits per heavy atom. The molecule has 0 bridgehead atoms. The number of amides is 1. The molecule has 0 aliphatic heterocycles. The van der Waals surface area contributed by atoms with Crippen LogP contribution in [0.25, 0.3) is 16.8 Å². The minimum absolute atomic E-state index is 0.103. The Morgan fingerprint density at radius 2 is 1.81 bits per heavy atom. The Labute approximate surface area is 205 Å². The van der Waals surface area contributed by atoms with E-state index in [1.807, 2.05) is 0 Å². The van der Waals surface area contributed by atoms with Crippen LogP contribution in [-0.2, 0) is 17.6 Å². The van der Waals surface area contributed by atoms with Crippen LogP contribution in [0.3, 0.4) is 0 Å². The molecule has 0 spiro atoms. The SMILES string of the molecule is CC(=O)NC1CCC(CCc2cc(/C=C/Cc3ccccc3)cc3ccc(I)cc23)CC1. The van der Waals surface area contributed by atoms with Crippen molar-refractivity contribution in [1.82, 2.24) is 5.32 Å². The molecule has 32 heavy (non-hydrogen) atoms. The lowest BCUT2D eigenvalue weighted by atomic mass is 9.82. The van der Waals surface area contributed by atoms with E-state index in [0.717, 1.165) is 31.6 Å². The second-order valence-corrected chi connectivity index (χ2v) is 10.3. The highest BCUT2D eigenvalue weighted by atomic mass is 127. The number of carbonyl (C=O) groups is 1. The van der Waals surface area contributed by atoms with Crippen molar-refractivity contribution in [1.29, 1.82) is 0 Å². The molecule has 2 nitrogen and oxygen atoms in total. The summed E-state index contributed by atoms with van der Waals surface area (Å²) < 4.78 is 1.29. The fraction of sp³-hybridized carbons (Fsp3) is 0.345. The number of nitrogens with one attached hydrogen (secondary N) is 1. The first-order valence-electron chi connectivity index (χ1n) is 11.8. The molecule has 1 N–H and O–H groups in total. The first-order chi connectivity index (χ1) is 15.6. The van der Waals surface area contributed by atoms with Crippen LogP contribution in [0.5, 0.6) is 0 Å². The van der Waals surface area contributed by atoms with Crippen LogP contribution in [0, 0.1) is 9.49 Å². The molecule has 4 rings (SSSR count). The predicted molar refractivity (Wildman–Crippen MR) is 144 cm³/mol. The van der Waals surface area contributed by atoms with Crippen molar-refractivity contribution in [3.05, 3.63) is 87.0 Å². The summed E-state index contributed by atoms with van der Waals surface area (Å²) in [6.07, 6.45) is 12.5. The Kier molecular flexibility index (Phi) is 8.01. The van der Waals surface area contributed by atoms with E-state index in [2.05, 4.69) is 101 Å². The van der Waals surface area contributed by atoms with Crippen molar-refractivity contribution in [3.8, 4) is 0 Å². The maximum atomic E-state index is 11.3. The van der Waals surface area contributed by atoms with Gasteiger partial charge in [0.15, 0.2) is 0 Å². The van der Waals surface area contributed by atoms with E-state index in [4.69, 9.17) is 0 Å². The number of rotatable bonds is 7. The fourth-order valence-corrected chi connectivity index (χ4v) is 5.41. The van der Waals surface area contributed by atoms with Crippen molar-refractivity contribution in [2.45, 2.75) is 57.9 Å². The summed E-state index contributed by atoms with van der Waals surface area (Å²) >= 11 is 2.42. The predicted octanol–water partition coefficient (Wildman–Crippen LogP) is 7.33. The maximum absolute atomic E-state index is 11.3. The first-order valence-corrected chi connectivity index (χ1v) is 12.8. The van der Waals surface area contributed by atoms with Gasteiger partial charge in [0.2, 0.25) is 5.91 Å². The maximum Gasteiger partial charge on any atom is 0.217 e. The summed E-state index contributed by atoms with van der Waals surface area (Å²) in [5.41, 5.74) is 4.09. The molecular formula is C29H32INO. The summed E-state index contributed by atoms with van der Waals surface area (Å²) in [6, 6.07) is 22.5. The van der Waals surface area contributed by atoms with Gasteiger partial charge in [-0.25, -0.2) is 0 Å². The van der Waals surface area contributed by atoms with Gasteiger partial charge in [0, 0.05) is 16.5 Å². The summed E-state index contributed by atoms with van der Waals surface area (Å²) in [5.74, 6) is 0.863. The Bertz CT molecular complexity index is 1080. The molecule has 3 heteroatoms. The Hall–Kier alpha value is -2.14. The lowest BCUT2D eigenvalue weighted by molar-refractivity contribution is -0.119. The van der Waals surface area contributed by atoms with Crippen molar-refractivity contribution >= 4 is 45.3 Å². The van der Waals surface area contributed by atoms with E-state index >= 15 is 0 Å². The highest BCUT2D eigenvalue weighted by Gasteiger charge is 2.21. The van der Waals surface area contributed by atoms with E-state index < -0.39 is 0 Å². The van der Waals surface area contributed by atoms with Crippen LogP contribution in [0.15, 0.2) is 66.7 Å². The fourth-order valence-electron chi connectivity index (χ4n) is 4.92. The monoisotopic (exact) mass is 537 g/mol. The smallest absolute Gasteiger partial charge is 0.217 e. The van der Waals surface area contributed by atoms with E-state index in [9.17, 15) is 4.79 Å². The van der Waals surface area contributed by atoms with E-state index in [1.165, 1.54) is 50.3 Å². The van der Waals surface area contributed by atoms with Gasteiger partial charge in [-0.2, -0.15) is 0 Å². The molecule has 0 aromatic heterocycles. The molecule has 3 aromatic carbocycles. The third-order valence-electron chi connectivity index (χ3n) is 6.61. The normalized spacial score (nSPS) is 18.8. The summed E-state index contributed by atoms with van der Waals surface area (Å²) in [7, 11) is 0. The molecule has 3 aromatic rings. The van der Waals surface area contributed by atoms with Crippen LogP contribution in [-0.4, -0.2) is 11.9 Å². The largest absolute Gasteiger partial charge is 0.354 e. The van der Waals surface area contributed by atoms with Gasteiger partial charge in [0.05, 0.1) is 0 Å². The van der Waals surface area contributed by atoms with Crippen LogP contribution < -0.4 is 5.32 Å². The number of fused-ring (bicyclic) bond motifs is 1. The van der Waals surface area contributed by atoms with Crippen LogP contribution in [0.2, 0.25) is 0 Å². The summed E-state index contributed by atoms with van der Waals surface area (Å²) in [5, 5.41) is 5.82. The molecule has 0 atom stereocenters. The molecule has 0 unspecified atom stereocenters. The molecule has 0 radical (unpaired) electrons. The molecule has 1 amide bonds. The third-order valence-corrected chi connectivity index (χ3v) is 7.28. The van der Waals surface area contributed by atoms with Gasteiger partial charge >= 0.3 is 0 Å². The van der Waals surface area contributed by atoms with Gasteiger partial charge in [-0.1, -0.05) is 54.6 Å². The molecule has 1 fully saturated rings. The minimum Gasteiger partial charge on any atom is -0.354 e. The highest BCUT2D eigenvalue weighted by Crippen LogP contribution is 2.31. The summed E-state index contributed by atoms with van der Waals surface area (Å²) in [4.78, 5) is 11.3. The lowest BCUT2D eigenvalue weighted by Gasteiger charge is -2.29. The second kappa shape index (κ2) is 11.1. The van der Waals surface area contributed by atoms with Crippen molar-refractivity contribution in [3.63, 3.8) is 0 Å². The van der Waals surface area contributed by atoms with E-state index in [-0.39, 0.29) is 5.91 Å². The number of carbonyl (C=O) groups excluding carboxylic acids is 1. The second-order valence-electron chi connectivity index (χ2n) is 9.09. The van der Waals surface area contributed by atoms with Crippen molar-refractivity contribution < 1.29 is 4.79 Å². The van der Waals surface area contributed by atoms with Crippen molar-refractivity contribution in [2.75, 3.05) is 0 Å². The number of benzene rings is 3. The number of hydrogen-bond donors (Lipinski definition) is 1. The zero-order valence-electron chi connectivity index (χ0n) is 18.8. The third kappa shape index (κ3) is 6.44. The van der Waals surface area contributed by atoms with Crippen LogP contribution in [0.1, 0.15) is 55.7 Å². The molecule has 1 aliphatic carbocycles. The molecule has 1 aliphatic rings. The topological polar surface area (TPSA) is 29.1 Å². The molecule has 0 heterocycles. The quantitative estimate of drug-likeness (QED) is 0.314. The van der Waals surface area contributed by atoms with Gasteiger partial charge in [-0.3, -0.25) is 4.79 Å². The van der Waals surface area contributed by atoms with E-state index in [0.29, 0.717) is 6.04 Å². The highest BCUT2D eigenvalue weighted by molar-refractivity contribution is 14.1. The number of halogens is 1. The first kappa shape index (κ1) is 23.0. The van der Waals surface area contributed by atoms with Gasteiger partial charge in [-0.05, 0) is 119 Å². The average molecular weight is 537 g/mol. The Morgan fingerprint density at radius 3 is 2.56 bits per heavy atom. The van der Waals surface area contributed by atoms with Gasteiger partial charge in [0.1, 0.15) is 0 Å². The number of allylic oxidation sites excluding steroid dienone is 1. The summed E-state index contributed by atoms with van der Waals surface area (Å²) in [6.45, 7) is 1.62. The molecule has 0 saturated heterocycles. The van der Waals surface area contributed by atoms with Crippen LogP contribution in [0.4, 0.5) is 0 Å². The zero-order chi connectivity index (χ0) is 22.3. The molecular weight excluding hydrogens is 505 g/mol. The lowest BCUT2D eigenvalue weighted by Crippen LogP contribution is -2.36. The van der Waals surface area contributed by atoms with Crippen molar-refractivity contribution in [2.24, 2.45) is 5.92 Å². The number of hydrogen-bond acceptors (Lipinski definition) is 1. The van der Waals surface area contributed by atoms with Gasteiger partial charge in [0.25, 0.3) is 0 Å². The zero-order valence-corrected chi connectivity index (χ0v) is 21.0. The van der Waals surface area contributed by atoms with Crippen LogP contribution >= 0.6 is 22.6 Å². The van der Waals surface area contributed by atoms with Gasteiger partial charge < -0.3 is 5.32 Å².